The molecule has 1 aromatic rings. The summed E-state index contributed by atoms with van der Waals surface area (Å²) in [6.07, 6.45) is 2.87. The van der Waals surface area contributed by atoms with Gasteiger partial charge in [0.25, 0.3) is 5.56 Å². The molecule has 1 aliphatic heterocycles. The summed E-state index contributed by atoms with van der Waals surface area (Å²) >= 11 is 0. The molecule has 23 heavy (non-hydrogen) atoms. The first-order valence-corrected chi connectivity index (χ1v) is 8.96. The molecule has 0 bridgehead atoms. The lowest BCUT2D eigenvalue weighted by molar-refractivity contribution is -0.155. The molecule has 7 nitrogen and oxygen atoms in total. The molecule has 1 fully saturated rings. The second-order valence-electron chi connectivity index (χ2n) is 6.53. The molecule has 0 N–H and O–H groups in total. The molecule has 1 aliphatic rings. The lowest BCUT2D eigenvalue weighted by Gasteiger charge is -2.20. The molecular formula is C15H22N2O5S. The number of rotatable bonds is 4. The van der Waals surface area contributed by atoms with Crippen molar-refractivity contribution in [2.24, 2.45) is 0 Å². The molecule has 0 aromatic carbocycles. The van der Waals surface area contributed by atoms with Crippen LogP contribution in [0.4, 0.5) is 0 Å². The molecule has 0 atom stereocenters. The minimum absolute atomic E-state index is 0.0163. The van der Waals surface area contributed by atoms with Gasteiger partial charge in [-0.3, -0.25) is 9.59 Å². The number of nitrogens with zero attached hydrogens (tertiary/aromatic N) is 2. The Balaban J connectivity index is 2.25. The highest BCUT2D eigenvalue weighted by Gasteiger charge is 2.28. The van der Waals surface area contributed by atoms with E-state index in [1.165, 1.54) is 16.6 Å². The van der Waals surface area contributed by atoms with E-state index in [0.29, 0.717) is 13.1 Å². The zero-order valence-corrected chi connectivity index (χ0v) is 14.4. The molecule has 0 spiro atoms. The van der Waals surface area contributed by atoms with Gasteiger partial charge in [-0.15, -0.1) is 0 Å². The van der Waals surface area contributed by atoms with Gasteiger partial charge in [0, 0.05) is 25.4 Å². The number of carbonyl (C=O) groups is 1. The largest absolute Gasteiger partial charge is 0.459 e. The van der Waals surface area contributed by atoms with Crippen molar-refractivity contribution >= 4 is 16.0 Å². The van der Waals surface area contributed by atoms with Crippen LogP contribution in [0.25, 0.3) is 0 Å². The van der Waals surface area contributed by atoms with Gasteiger partial charge in [0.05, 0.1) is 4.90 Å². The summed E-state index contributed by atoms with van der Waals surface area (Å²) in [4.78, 5) is 23.7. The Kier molecular flexibility index (Phi) is 4.95. The smallest absolute Gasteiger partial charge is 0.326 e. The summed E-state index contributed by atoms with van der Waals surface area (Å²) in [5, 5.41) is 0. The Hall–Kier alpha value is -1.67. The molecule has 8 heteroatoms. The highest BCUT2D eigenvalue weighted by Crippen LogP contribution is 2.19. The molecule has 0 amide bonds. The number of esters is 1. The van der Waals surface area contributed by atoms with Crippen molar-refractivity contribution < 1.29 is 17.9 Å². The van der Waals surface area contributed by atoms with Crippen molar-refractivity contribution in [2.75, 3.05) is 13.1 Å². The Morgan fingerprint density at radius 3 is 2.39 bits per heavy atom. The minimum atomic E-state index is -3.63. The molecular weight excluding hydrogens is 320 g/mol. The summed E-state index contributed by atoms with van der Waals surface area (Å²) in [5.41, 5.74) is -1.11. The maximum Gasteiger partial charge on any atom is 0.326 e. The molecule has 2 heterocycles. The zero-order valence-electron chi connectivity index (χ0n) is 13.6. The molecule has 1 aromatic heterocycles. The molecule has 1 saturated heterocycles. The highest BCUT2D eigenvalue weighted by atomic mass is 32.2. The van der Waals surface area contributed by atoms with E-state index in [1.807, 2.05) is 0 Å². The molecule has 128 valence electrons. The number of hydrogen-bond donors (Lipinski definition) is 0. The molecule has 0 radical (unpaired) electrons. The van der Waals surface area contributed by atoms with Gasteiger partial charge in [-0.05, 0) is 39.7 Å². The lowest BCUT2D eigenvalue weighted by atomic mass is 10.2. The summed E-state index contributed by atoms with van der Waals surface area (Å²) in [6.45, 7) is 5.81. The summed E-state index contributed by atoms with van der Waals surface area (Å²) in [5.74, 6) is -0.588. The van der Waals surface area contributed by atoms with Gasteiger partial charge in [0.2, 0.25) is 10.0 Å². The summed E-state index contributed by atoms with van der Waals surface area (Å²) in [7, 11) is -3.63. The number of hydrogen-bond acceptors (Lipinski definition) is 5. The van der Waals surface area contributed by atoms with E-state index in [2.05, 4.69) is 0 Å². The second-order valence-corrected chi connectivity index (χ2v) is 8.47. The normalized spacial score (nSPS) is 16.5. The zero-order chi connectivity index (χ0) is 17.3. The van der Waals surface area contributed by atoms with E-state index in [-0.39, 0.29) is 11.4 Å². The molecule has 0 unspecified atom stereocenters. The van der Waals surface area contributed by atoms with Gasteiger partial charge < -0.3 is 9.30 Å². The van der Waals surface area contributed by atoms with Crippen LogP contribution in [0.2, 0.25) is 0 Å². The van der Waals surface area contributed by atoms with Crippen LogP contribution in [0, 0.1) is 0 Å². The van der Waals surface area contributed by atoms with Crippen molar-refractivity contribution in [3.8, 4) is 0 Å². The fraction of sp³-hybridized carbons (Fsp3) is 0.600. The third-order valence-corrected chi connectivity index (χ3v) is 5.26. The van der Waals surface area contributed by atoms with Gasteiger partial charge in [-0.2, -0.15) is 4.31 Å². The lowest BCUT2D eigenvalue weighted by Crippen LogP contribution is -2.32. The summed E-state index contributed by atoms with van der Waals surface area (Å²) < 4.78 is 32.6. The van der Waals surface area contributed by atoms with E-state index in [1.54, 1.807) is 20.8 Å². The third kappa shape index (κ3) is 4.42. The first kappa shape index (κ1) is 17.7. The fourth-order valence-electron chi connectivity index (χ4n) is 2.38. The van der Waals surface area contributed by atoms with Gasteiger partial charge in [-0.25, -0.2) is 8.42 Å². The van der Waals surface area contributed by atoms with Crippen LogP contribution in [0.3, 0.4) is 0 Å². The SMILES string of the molecule is CC(C)(C)OC(=O)Cn1cc(S(=O)(=O)N2CCCC2)ccc1=O. The third-order valence-electron chi connectivity index (χ3n) is 3.38. The van der Waals surface area contributed by atoms with Crippen molar-refractivity contribution in [3.05, 3.63) is 28.7 Å². The number of carbonyl (C=O) groups excluding carboxylic acids is 1. The van der Waals surface area contributed by atoms with Gasteiger partial charge >= 0.3 is 5.97 Å². The van der Waals surface area contributed by atoms with E-state index in [4.69, 9.17) is 4.74 Å². The Morgan fingerprint density at radius 2 is 1.83 bits per heavy atom. The molecule has 0 saturated carbocycles. The second kappa shape index (κ2) is 6.45. The van der Waals surface area contributed by atoms with Gasteiger partial charge in [0.15, 0.2) is 0 Å². The monoisotopic (exact) mass is 342 g/mol. The average molecular weight is 342 g/mol. The fourth-order valence-corrected chi connectivity index (χ4v) is 3.91. The molecule has 2 rings (SSSR count). The van der Waals surface area contributed by atoms with Crippen LogP contribution >= 0.6 is 0 Å². The van der Waals surface area contributed by atoms with E-state index in [0.717, 1.165) is 23.5 Å². The Labute approximate surface area is 135 Å². The topological polar surface area (TPSA) is 85.7 Å². The van der Waals surface area contributed by atoms with Crippen molar-refractivity contribution in [1.82, 2.24) is 8.87 Å². The first-order chi connectivity index (χ1) is 10.6. The maximum absolute atomic E-state index is 12.5. The van der Waals surface area contributed by atoms with Crippen LogP contribution in [0.15, 0.2) is 28.0 Å². The van der Waals surface area contributed by atoms with E-state index in [9.17, 15) is 18.0 Å². The minimum Gasteiger partial charge on any atom is -0.459 e. The van der Waals surface area contributed by atoms with Crippen molar-refractivity contribution in [2.45, 2.75) is 50.7 Å². The van der Waals surface area contributed by atoms with Crippen molar-refractivity contribution in [3.63, 3.8) is 0 Å². The first-order valence-electron chi connectivity index (χ1n) is 7.52. The Morgan fingerprint density at radius 1 is 1.22 bits per heavy atom. The number of ether oxygens (including phenoxy) is 1. The predicted octanol–water partition coefficient (Wildman–Crippen LogP) is 0.974. The van der Waals surface area contributed by atoms with E-state index >= 15 is 0 Å². The quantitative estimate of drug-likeness (QED) is 0.761. The average Bonchev–Trinajstić information content (AvgIpc) is 2.93. The van der Waals surface area contributed by atoms with Crippen LogP contribution in [-0.2, 0) is 26.1 Å². The maximum atomic E-state index is 12.5. The highest BCUT2D eigenvalue weighted by molar-refractivity contribution is 7.89. The number of aromatic nitrogens is 1. The number of pyridine rings is 1. The van der Waals surface area contributed by atoms with Gasteiger partial charge in [0.1, 0.15) is 12.1 Å². The van der Waals surface area contributed by atoms with Crippen molar-refractivity contribution in [1.29, 1.82) is 0 Å². The summed E-state index contributed by atoms with van der Waals surface area (Å²) in [6, 6.07) is 2.44. The van der Waals surface area contributed by atoms with E-state index < -0.39 is 27.2 Å². The van der Waals surface area contributed by atoms with Crippen LogP contribution in [0.1, 0.15) is 33.6 Å². The van der Waals surface area contributed by atoms with Crippen LogP contribution in [-0.4, -0.2) is 41.9 Å². The Bertz CT molecular complexity index is 740. The standard InChI is InChI=1S/C15H22N2O5S/c1-15(2,3)22-14(19)11-16-10-12(6-7-13(16)18)23(20,21)17-8-4-5-9-17/h6-7,10H,4-5,8-9,11H2,1-3H3. The number of sulfonamides is 1. The van der Waals surface area contributed by atoms with Gasteiger partial charge in [-0.1, -0.05) is 0 Å². The predicted molar refractivity (Wildman–Crippen MR) is 84.5 cm³/mol. The molecule has 0 aliphatic carbocycles. The van der Waals surface area contributed by atoms with Crippen LogP contribution in [0.5, 0.6) is 0 Å². The van der Waals surface area contributed by atoms with Crippen LogP contribution < -0.4 is 5.56 Å².